The predicted octanol–water partition coefficient (Wildman–Crippen LogP) is 9.33. The van der Waals surface area contributed by atoms with Gasteiger partial charge < -0.3 is 39.9 Å². The molecule has 2 heterocycles. The third-order valence-electron chi connectivity index (χ3n) is 9.44. The van der Waals surface area contributed by atoms with Gasteiger partial charge in [-0.05, 0) is 84.2 Å². The highest BCUT2D eigenvalue weighted by Gasteiger charge is 2.54. The number of allylic oxidation sites excluding steroid dienone is 1. The van der Waals surface area contributed by atoms with Crippen LogP contribution in [0, 0.1) is 5.92 Å². The Morgan fingerprint density at radius 3 is 2.23 bits per heavy atom. The number of carbonyl (C=O) groups excluding carboxylic acids is 2. The second-order valence-corrected chi connectivity index (χ2v) is 17.2. The Bertz CT molecular complexity index is 1420. The van der Waals surface area contributed by atoms with Crippen molar-refractivity contribution in [2.45, 2.75) is 128 Å². The number of nitrogens with zero attached hydrogens (tertiary/aromatic N) is 1. The Kier molecular flexibility index (Phi) is 20.8. The highest BCUT2D eigenvalue weighted by Crippen LogP contribution is 2.41. The first-order valence-electron chi connectivity index (χ1n) is 18.7. The third-order valence-corrected chi connectivity index (χ3v) is 11.8. The van der Waals surface area contributed by atoms with Crippen molar-refractivity contribution in [1.82, 2.24) is 10.6 Å². The number of unbranched alkanes of at least 4 members (excludes halogenated alkanes) is 9. The highest BCUT2D eigenvalue weighted by atomic mass is 79.9. The molecule has 4 atom stereocenters. The summed E-state index contributed by atoms with van der Waals surface area (Å²) in [6, 6.07) is 3.51. The molecule has 53 heavy (non-hydrogen) atoms. The van der Waals surface area contributed by atoms with E-state index in [0.29, 0.717) is 47.8 Å². The molecule has 2 amide bonds. The summed E-state index contributed by atoms with van der Waals surface area (Å²) < 4.78 is 19.3. The summed E-state index contributed by atoms with van der Waals surface area (Å²) in [5, 5.41) is 31.1. The van der Waals surface area contributed by atoms with Gasteiger partial charge in [0.25, 0.3) is 5.91 Å². The van der Waals surface area contributed by atoms with Crippen molar-refractivity contribution < 1.29 is 38.9 Å². The first-order valence-corrected chi connectivity index (χ1v) is 21.8. The molecule has 0 bridgehead atoms. The molecule has 0 radical (unpaired) electrons. The van der Waals surface area contributed by atoms with Gasteiger partial charge in [-0.25, -0.2) is 0 Å². The number of methoxy groups -OCH3 is 1. The van der Waals surface area contributed by atoms with Crippen LogP contribution in [-0.2, 0) is 23.9 Å². The minimum absolute atomic E-state index is 0.0461. The topological polar surface area (TPSA) is 148 Å². The average Bonchev–Trinajstić information content (AvgIpc) is 3.38. The van der Waals surface area contributed by atoms with Crippen molar-refractivity contribution in [3.8, 4) is 5.75 Å². The molecule has 3 rings (SSSR count). The van der Waals surface area contributed by atoms with Gasteiger partial charge in [0.05, 0.1) is 39.7 Å². The zero-order valence-electron chi connectivity index (χ0n) is 31.0. The Morgan fingerprint density at radius 1 is 0.981 bits per heavy atom. The zero-order chi connectivity index (χ0) is 38.8. The molecule has 15 heteroatoms. The van der Waals surface area contributed by atoms with Crippen molar-refractivity contribution in [1.29, 1.82) is 0 Å². The van der Waals surface area contributed by atoms with E-state index in [-0.39, 0.29) is 37.7 Å². The average molecular weight is 1000 g/mol. The molecule has 4 N–H and O–H groups in total. The number of benzene rings is 1. The molecule has 2 aliphatic rings. The fraction of sp³-hybridized carbons (Fsp3) is 0.658. The van der Waals surface area contributed by atoms with Crippen molar-refractivity contribution in [2.24, 2.45) is 11.1 Å². The molecule has 0 aromatic heterocycles. The smallest absolute Gasteiger partial charge is 0.311 e. The van der Waals surface area contributed by atoms with E-state index in [1.807, 2.05) is 0 Å². The van der Waals surface area contributed by atoms with Gasteiger partial charge in [-0.15, -0.1) is 0 Å². The van der Waals surface area contributed by atoms with Gasteiger partial charge >= 0.3 is 5.79 Å². The van der Waals surface area contributed by atoms with Gasteiger partial charge in [-0.2, -0.15) is 0 Å². The number of hydrogen-bond donors (Lipinski definition) is 4. The number of carbonyl (C=O) groups is 2. The maximum absolute atomic E-state index is 12.8. The number of hydrogen-bond acceptors (Lipinski definition) is 9. The first kappa shape index (κ1) is 45.7. The van der Waals surface area contributed by atoms with Crippen LogP contribution in [0.2, 0.25) is 0 Å². The number of amides is 2. The summed E-state index contributed by atoms with van der Waals surface area (Å²) in [7, 11) is 1.50. The summed E-state index contributed by atoms with van der Waals surface area (Å²) in [5.41, 5.74) is 0.415. The van der Waals surface area contributed by atoms with E-state index < -0.39 is 23.9 Å². The van der Waals surface area contributed by atoms with E-state index in [1.165, 1.54) is 71.2 Å². The SMILES string of the molecule is CCC(C)CCCCCCCCCCCCC(=O)NCC(O)c1cc(Br)c(OCCCNC(=O)C2=NO[C@@]3(CC(Br)=C(OC)C(Br)=CO3)[C@H]2O)c(Br)c1. The van der Waals surface area contributed by atoms with Crippen LogP contribution >= 0.6 is 63.7 Å². The summed E-state index contributed by atoms with van der Waals surface area (Å²) in [4.78, 5) is 30.6. The van der Waals surface area contributed by atoms with Crippen LogP contribution < -0.4 is 15.4 Å². The van der Waals surface area contributed by atoms with Crippen LogP contribution in [0.25, 0.3) is 0 Å². The van der Waals surface area contributed by atoms with E-state index in [9.17, 15) is 19.8 Å². The number of oxime groups is 1. The highest BCUT2D eigenvalue weighted by molar-refractivity contribution is 9.12. The van der Waals surface area contributed by atoms with Crippen LogP contribution in [0.15, 0.2) is 47.2 Å². The molecule has 0 saturated carbocycles. The molecule has 11 nitrogen and oxygen atoms in total. The van der Waals surface area contributed by atoms with Gasteiger partial charge in [-0.1, -0.05) is 106 Å². The van der Waals surface area contributed by atoms with Crippen molar-refractivity contribution in [3.63, 3.8) is 0 Å². The number of ether oxygens (including phenoxy) is 3. The largest absolute Gasteiger partial charge is 0.495 e. The molecule has 2 unspecified atom stereocenters. The molecule has 0 fully saturated rings. The molecule has 1 aromatic rings. The van der Waals surface area contributed by atoms with Gasteiger partial charge in [0, 0.05) is 24.0 Å². The van der Waals surface area contributed by atoms with E-state index in [2.05, 4.69) is 93.4 Å². The van der Waals surface area contributed by atoms with Crippen LogP contribution in [0.3, 0.4) is 0 Å². The van der Waals surface area contributed by atoms with Crippen molar-refractivity contribution in [3.05, 3.63) is 47.6 Å². The van der Waals surface area contributed by atoms with Crippen LogP contribution in [0.5, 0.6) is 5.75 Å². The summed E-state index contributed by atoms with van der Waals surface area (Å²) in [6.07, 6.45) is 14.9. The second kappa shape index (κ2) is 24.1. The van der Waals surface area contributed by atoms with E-state index in [0.717, 1.165) is 25.2 Å². The Morgan fingerprint density at radius 2 is 1.60 bits per heavy atom. The lowest BCUT2D eigenvalue weighted by atomic mass is 9.99. The first-order chi connectivity index (χ1) is 25.4. The third kappa shape index (κ3) is 14.7. The van der Waals surface area contributed by atoms with Crippen LogP contribution in [0.4, 0.5) is 0 Å². The summed E-state index contributed by atoms with van der Waals surface area (Å²) in [5.74, 6) is -0.401. The van der Waals surface area contributed by atoms with E-state index in [4.69, 9.17) is 19.0 Å². The fourth-order valence-electron chi connectivity index (χ4n) is 5.96. The molecular weight excluding hydrogens is 946 g/mol. The monoisotopic (exact) mass is 997 g/mol. The molecule has 1 aromatic carbocycles. The molecule has 0 saturated heterocycles. The summed E-state index contributed by atoms with van der Waals surface area (Å²) >= 11 is 13.8. The Labute approximate surface area is 348 Å². The maximum atomic E-state index is 12.8. The quantitative estimate of drug-likeness (QED) is 0.0750. The lowest BCUT2D eigenvalue weighted by molar-refractivity contribution is -0.225. The van der Waals surface area contributed by atoms with Gasteiger partial charge in [0.1, 0.15) is 17.8 Å². The predicted molar refractivity (Wildman–Crippen MR) is 221 cm³/mol. The molecule has 0 aliphatic carbocycles. The lowest BCUT2D eigenvalue weighted by Gasteiger charge is -2.27. The van der Waals surface area contributed by atoms with E-state index in [1.54, 1.807) is 12.1 Å². The second-order valence-electron chi connectivity index (χ2n) is 13.7. The normalized spacial score (nSPS) is 19.5. The van der Waals surface area contributed by atoms with Gasteiger partial charge in [-0.3, -0.25) is 9.59 Å². The van der Waals surface area contributed by atoms with Gasteiger partial charge in [0.2, 0.25) is 5.91 Å². The van der Waals surface area contributed by atoms with Crippen molar-refractivity contribution >= 4 is 81.2 Å². The number of rotatable bonds is 24. The number of halogens is 4. The molecule has 1 spiro atoms. The molecular formula is C38H55Br4N3O8. The van der Waals surface area contributed by atoms with E-state index >= 15 is 0 Å². The maximum Gasteiger partial charge on any atom is 0.311 e. The van der Waals surface area contributed by atoms with Crippen LogP contribution in [0.1, 0.15) is 122 Å². The van der Waals surface area contributed by atoms with Crippen LogP contribution in [-0.4, -0.2) is 66.4 Å². The Hall–Kier alpha value is -1.65. The van der Waals surface area contributed by atoms with Crippen molar-refractivity contribution in [2.75, 3.05) is 26.8 Å². The molecule has 298 valence electrons. The minimum atomic E-state index is -1.62. The number of aliphatic hydroxyl groups excluding tert-OH is 2. The Balaban J connectivity index is 1.29. The zero-order valence-corrected chi connectivity index (χ0v) is 37.3. The lowest BCUT2D eigenvalue weighted by Crippen LogP contribution is -2.49. The standard InChI is InChI=1S/C38H55Br4N3O8/c1-4-25(2)16-13-11-9-7-5-6-8-10-12-14-17-32(47)44-23-31(46)26-20-27(39)35(28(40)21-26)51-19-15-18-43-37(49)33-36(48)38(53-45-33)22-29(41)34(50-3)30(42)24-52-38/h20-21,24-25,31,36,46,48H,4-19,22-23H2,1-3H3,(H,43,49)(H,44,47)/t25?,31?,36-,38-/m0/s1. The van der Waals surface area contributed by atoms with Gasteiger partial charge in [0.15, 0.2) is 11.8 Å². The fourth-order valence-corrected chi connectivity index (χ4v) is 8.94. The minimum Gasteiger partial charge on any atom is -0.495 e. The number of nitrogens with one attached hydrogen (secondary N) is 2. The summed E-state index contributed by atoms with van der Waals surface area (Å²) in [6.45, 7) is 5.24. The number of aliphatic hydroxyl groups is 2. The molecule has 2 aliphatic heterocycles.